The quantitative estimate of drug-likeness (QED) is 0.734. The average Bonchev–Trinajstić information content (AvgIpc) is 2.81. The maximum absolute atomic E-state index is 11.1. The normalized spacial score (nSPS) is 10.8. The van der Waals surface area contributed by atoms with Crippen LogP contribution in [-0.2, 0) is 0 Å². The van der Waals surface area contributed by atoms with E-state index in [4.69, 9.17) is 16.7 Å². The summed E-state index contributed by atoms with van der Waals surface area (Å²) in [5.41, 5.74) is 2.94. The standard InChI is InChI=1S/C15H10ClNO2/c16-11-6-9(5-10(7-11)15(18)19)13-8-17-14-4-2-1-3-12(13)14/h1-8,17H,(H,18,19). The fraction of sp³-hybridized carbons (Fsp3) is 0. The van der Waals surface area contributed by atoms with Crippen LogP contribution in [0.1, 0.15) is 10.4 Å². The van der Waals surface area contributed by atoms with E-state index in [9.17, 15) is 4.79 Å². The van der Waals surface area contributed by atoms with Gasteiger partial charge in [0.2, 0.25) is 0 Å². The highest BCUT2D eigenvalue weighted by Crippen LogP contribution is 2.31. The minimum atomic E-state index is -0.983. The van der Waals surface area contributed by atoms with Crippen LogP contribution in [0.2, 0.25) is 5.02 Å². The van der Waals surface area contributed by atoms with Crippen LogP contribution >= 0.6 is 11.6 Å². The Bertz CT molecular complexity index is 777. The molecule has 1 heterocycles. The van der Waals surface area contributed by atoms with Crippen LogP contribution < -0.4 is 0 Å². The summed E-state index contributed by atoms with van der Waals surface area (Å²) < 4.78 is 0. The monoisotopic (exact) mass is 271 g/mol. The average molecular weight is 272 g/mol. The van der Waals surface area contributed by atoms with E-state index in [0.29, 0.717) is 5.02 Å². The second kappa shape index (κ2) is 4.44. The molecule has 0 fully saturated rings. The van der Waals surface area contributed by atoms with Crippen LogP contribution in [0, 0.1) is 0 Å². The van der Waals surface area contributed by atoms with Crippen molar-refractivity contribution < 1.29 is 9.90 Å². The lowest BCUT2D eigenvalue weighted by Crippen LogP contribution is -1.96. The highest BCUT2D eigenvalue weighted by Gasteiger charge is 2.10. The van der Waals surface area contributed by atoms with E-state index in [-0.39, 0.29) is 5.56 Å². The molecule has 3 rings (SSSR count). The molecule has 0 atom stereocenters. The second-order valence-electron chi connectivity index (χ2n) is 4.28. The number of fused-ring (bicyclic) bond motifs is 1. The maximum atomic E-state index is 11.1. The van der Waals surface area contributed by atoms with Crippen molar-refractivity contribution >= 4 is 28.5 Å². The molecule has 0 saturated heterocycles. The van der Waals surface area contributed by atoms with Crippen molar-refractivity contribution in [2.45, 2.75) is 0 Å². The molecule has 0 saturated carbocycles. The van der Waals surface area contributed by atoms with Gasteiger partial charge in [-0.2, -0.15) is 0 Å². The first kappa shape index (κ1) is 11.8. The molecule has 0 radical (unpaired) electrons. The number of carbonyl (C=O) groups is 1. The number of hydrogen-bond acceptors (Lipinski definition) is 1. The summed E-state index contributed by atoms with van der Waals surface area (Å²) in [7, 11) is 0. The van der Waals surface area contributed by atoms with Crippen molar-refractivity contribution in [3.8, 4) is 11.1 Å². The van der Waals surface area contributed by atoms with E-state index in [2.05, 4.69) is 4.98 Å². The van der Waals surface area contributed by atoms with Crippen molar-refractivity contribution in [1.82, 2.24) is 4.98 Å². The molecular weight excluding hydrogens is 262 g/mol. The Balaban J connectivity index is 2.24. The summed E-state index contributed by atoms with van der Waals surface area (Å²) in [6, 6.07) is 12.7. The predicted molar refractivity (Wildman–Crippen MR) is 75.7 cm³/mol. The van der Waals surface area contributed by atoms with E-state index in [1.54, 1.807) is 12.1 Å². The van der Waals surface area contributed by atoms with Crippen LogP contribution in [0.3, 0.4) is 0 Å². The van der Waals surface area contributed by atoms with Crippen LogP contribution in [0.25, 0.3) is 22.0 Å². The van der Waals surface area contributed by atoms with Gasteiger partial charge in [0.1, 0.15) is 0 Å². The van der Waals surface area contributed by atoms with Gasteiger partial charge in [-0.1, -0.05) is 29.8 Å². The van der Waals surface area contributed by atoms with Crippen molar-refractivity contribution in [3.05, 3.63) is 59.2 Å². The minimum absolute atomic E-state index is 0.188. The Hall–Kier alpha value is -2.26. The number of rotatable bonds is 2. The van der Waals surface area contributed by atoms with Crippen LogP contribution in [0.5, 0.6) is 0 Å². The first-order valence-corrected chi connectivity index (χ1v) is 6.13. The maximum Gasteiger partial charge on any atom is 0.335 e. The Morgan fingerprint density at radius 2 is 1.95 bits per heavy atom. The van der Waals surface area contributed by atoms with Gasteiger partial charge in [-0.15, -0.1) is 0 Å². The van der Waals surface area contributed by atoms with Gasteiger partial charge in [0.05, 0.1) is 5.56 Å². The number of benzene rings is 2. The van der Waals surface area contributed by atoms with E-state index >= 15 is 0 Å². The number of hydrogen-bond donors (Lipinski definition) is 2. The highest BCUT2D eigenvalue weighted by atomic mass is 35.5. The van der Waals surface area contributed by atoms with Crippen molar-refractivity contribution in [2.24, 2.45) is 0 Å². The molecule has 4 heteroatoms. The molecule has 2 N–H and O–H groups in total. The number of aromatic amines is 1. The van der Waals surface area contributed by atoms with E-state index in [1.807, 2.05) is 30.5 Å². The third-order valence-corrected chi connectivity index (χ3v) is 3.26. The van der Waals surface area contributed by atoms with Gasteiger partial charge in [-0.05, 0) is 29.8 Å². The number of halogens is 1. The number of H-pyrrole nitrogens is 1. The molecule has 0 aliphatic rings. The molecule has 0 spiro atoms. The number of carboxylic acid groups (broad SMARTS) is 1. The first-order valence-electron chi connectivity index (χ1n) is 5.75. The fourth-order valence-electron chi connectivity index (χ4n) is 2.18. The van der Waals surface area contributed by atoms with E-state index < -0.39 is 5.97 Å². The molecule has 0 bridgehead atoms. The predicted octanol–water partition coefficient (Wildman–Crippen LogP) is 4.19. The van der Waals surface area contributed by atoms with Gasteiger partial charge in [0.25, 0.3) is 0 Å². The van der Waals surface area contributed by atoms with Crippen molar-refractivity contribution in [3.63, 3.8) is 0 Å². The minimum Gasteiger partial charge on any atom is -0.478 e. The van der Waals surface area contributed by atoms with E-state index in [0.717, 1.165) is 22.0 Å². The lowest BCUT2D eigenvalue weighted by atomic mass is 10.0. The van der Waals surface area contributed by atoms with Gasteiger partial charge in [0, 0.05) is 27.7 Å². The van der Waals surface area contributed by atoms with Crippen LogP contribution in [-0.4, -0.2) is 16.1 Å². The van der Waals surface area contributed by atoms with Gasteiger partial charge >= 0.3 is 5.97 Å². The zero-order chi connectivity index (χ0) is 13.4. The lowest BCUT2D eigenvalue weighted by Gasteiger charge is -2.03. The van der Waals surface area contributed by atoms with Crippen LogP contribution in [0.4, 0.5) is 0 Å². The number of nitrogens with one attached hydrogen (secondary N) is 1. The largest absolute Gasteiger partial charge is 0.478 e. The summed E-state index contributed by atoms with van der Waals surface area (Å²) in [5.74, 6) is -0.983. The van der Waals surface area contributed by atoms with Crippen LogP contribution in [0.15, 0.2) is 48.7 Å². The lowest BCUT2D eigenvalue weighted by molar-refractivity contribution is 0.0697. The van der Waals surface area contributed by atoms with Gasteiger partial charge < -0.3 is 10.1 Å². The second-order valence-corrected chi connectivity index (χ2v) is 4.72. The number of para-hydroxylation sites is 1. The van der Waals surface area contributed by atoms with Crippen molar-refractivity contribution in [2.75, 3.05) is 0 Å². The summed E-state index contributed by atoms with van der Waals surface area (Å²) in [6.45, 7) is 0. The molecule has 19 heavy (non-hydrogen) atoms. The molecule has 3 nitrogen and oxygen atoms in total. The van der Waals surface area contributed by atoms with Crippen molar-refractivity contribution in [1.29, 1.82) is 0 Å². The number of aromatic nitrogens is 1. The molecule has 3 aromatic rings. The topological polar surface area (TPSA) is 53.1 Å². The molecular formula is C15H10ClNO2. The smallest absolute Gasteiger partial charge is 0.335 e. The summed E-state index contributed by atoms with van der Waals surface area (Å²) in [4.78, 5) is 14.2. The molecule has 1 aromatic heterocycles. The fourth-order valence-corrected chi connectivity index (χ4v) is 2.41. The molecule has 0 aliphatic carbocycles. The Morgan fingerprint density at radius 3 is 2.74 bits per heavy atom. The SMILES string of the molecule is O=C(O)c1cc(Cl)cc(-c2c[nH]c3ccccc23)c1. The zero-order valence-electron chi connectivity index (χ0n) is 9.85. The molecule has 0 unspecified atom stereocenters. The van der Waals surface area contributed by atoms with Gasteiger partial charge in [-0.3, -0.25) is 0 Å². The summed E-state index contributed by atoms with van der Waals surface area (Å²) >= 11 is 5.99. The Labute approximate surface area is 114 Å². The molecule has 94 valence electrons. The highest BCUT2D eigenvalue weighted by molar-refractivity contribution is 6.31. The Morgan fingerprint density at radius 1 is 1.16 bits per heavy atom. The molecule has 2 aromatic carbocycles. The zero-order valence-corrected chi connectivity index (χ0v) is 10.6. The van der Waals surface area contributed by atoms with Gasteiger partial charge in [-0.25, -0.2) is 4.79 Å². The van der Waals surface area contributed by atoms with Gasteiger partial charge in [0.15, 0.2) is 0 Å². The molecule has 0 aliphatic heterocycles. The van der Waals surface area contributed by atoms with E-state index in [1.165, 1.54) is 6.07 Å². The summed E-state index contributed by atoms with van der Waals surface area (Å²) in [6.07, 6.45) is 1.86. The number of carboxylic acids is 1. The number of aromatic carboxylic acids is 1. The third kappa shape index (κ3) is 2.09. The Kier molecular flexibility index (Phi) is 2.76. The third-order valence-electron chi connectivity index (χ3n) is 3.04. The molecule has 0 amide bonds. The summed E-state index contributed by atoms with van der Waals surface area (Å²) in [5, 5.41) is 10.5. The first-order chi connectivity index (χ1) is 9.15.